The summed E-state index contributed by atoms with van der Waals surface area (Å²) in [6, 6.07) is 3.69. The molecule has 1 fully saturated rings. The van der Waals surface area contributed by atoms with Gasteiger partial charge in [0.2, 0.25) is 0 Å². The van der Waals surface area contributed by atoms with E-state index in [0.29, 0.717) is 6.54 Å². The quantitative estimate of drug-likeness (QED) is 0.806. The van der Waals surface area contributed by atoms with E-state index >= 15 is 0 Å². The summed E-state index contributed by atoms with van der Waals surface area (Å²) in [7, 11) is -2.97. The van der Waals surface area contributed by atoms with Gasteiger partial charge in [0.1, 0.15) is 11.5 Å². The number of rotatable bonds is 3. The summed E-state index contributed by atoms with van der Waals surface area (Å²) in [5, 5.41) is 0. The predicted molar refractivity (Wildman–Crippen MR) is 83.0 cm³/mol. The first-order valence-electron chi connectivity index (χ1n) is 7.72. The summed E-state index contributed by atoms with van der Waals surface area (Å²) in [5.74, 6) is 2.06. The number of aryl methyl sites for hydroxylation is 1. The van der Waals surface area contributed by atoms with Crippen molar-refractivity contribution < 1.29 is 12.8 Å². The van der Waals surface area contributed by atoms with Crippen LogP contribution >= 0.6 is 0 Å². The molecule has 0 N–H and O–H groups in total. The Morgan fingerprint density at radius 1 is 1.33 bits per heavy atom. The average Bonchev–Trinajstić information content (AvgIpc) is 2.88. The number of hydrogen-bond acceptors (Lipinski definition) is 4. The maximum Gasteiger partial charge on any atom is 0.153 e. The predicted octanol–water partition coefficient (Wildman–Crippen LogP) is 2.86. The summed E-state index contributed by atoms with van der Waals surface area (Å²) < 4.78 is 29.7. The molecule has 0 bridgehead atoms. The van der Waals surface area contributed by atoms with Crippen LogP contribution in [0.15, 0.2) is 28.2 Å². The van der Waals surface area contributed by atoms with Gasteiger partial charge in [0.15, 0.2) is 9.84 Å². The largest absolute Gasteiger partial charge is 0.465 e. The molecule has 1 saturated heterocycles. The average molecular weight is 309 g/mol. The molecule has 1 aliphatic heterocycles. The summed E-state index contributed by atoms with van der Waals surface area (Å²) in [5.41, 5.74) is 1.45. The van der Waals surface area contributed by atoms with Crippen molar-refractivity contribution >= 4 is 9.84 Å². The van der Waals surface area contributed by atoms with Gasteiger partial charge in [-0.1, -0.05) is 11.6 Å². The zero-order chi connectivity index (χ0) is 14.9. The van der Waals surface area contributed by atoms with Crippen LogP contribution in [0.1, 0.15) is 43.2 Å². The van der Waals surface area contributed by atoms with Gasteiger partial charge in [-0.2, -0.15) is 0 Å². The van der Waals surface area contributed by atoms with E-state index in [1.807, 2.05) is 19.1 Å². The van der Waals surface area contributed by atoms with Crippen molar-refractivity contribution in [2.24, 2.45) is 0 Å². The molecular formula is C16H23NO3S. The van der Waals surface area contributed by atoms with Gasteiger partial charge in [0.05, 0.1) is 17.5 Å². The molecule has 5 heteroatoms. The maximum absolute atomic E-state index is 12.0. The maximum atomic E-state index is 12.0. The minimum Gasteiger partial charge on any atom is -0.465 e. The van der Waals surface area contributed by atoms with Crippen molar-refractivity contribution in [2.75, 3.05) is 24.6 Å². The third-order valence-electron chi connectivity index (χ3n) is 4.42. The Bertz CT molecular complexity index is 630. The van der Waals surface area contributed by atoms with Gasteiger partial charge >= 0.3 is 0 Å². The van der Waals surface area contributed by atoms with Crippen LogP contribution in [0.2, 0.25) is 0 Å². The van der Waals surface area contributed by atoms with Crippen molar-refractivity contribution in [1.82, 2.24) is 4.90 Å². The van der Waals surface area contributed by atoms with Gasteiger partial charge in [-0.3, -0.25) is 4.90 Å². The first kappa shape index (κ1) is 14.9. The van der Waals surface area contributed by atoms with Crippen LogP contribution in [0.4, 0.5) is 0 Å². The van der Waals surface area contributed by atoms with E-state index in [2.05, 4.69) is 11.0 Å². The van der Waals surface area contributed by atoms with E-state index in [1.54, 1.807) is 0 Å². The highest BCUT2D eigenvalue weighted by molar-refractivity contribution is 7.91. The molecule has 21 heavy (non-hydrogen) atoms. The van der Waals surface area contributed by atoms with E-state index < -0.39 is 9.84 Å². The van der Waals surface area contributed by atoms with E-state index in [4.69, 9.17) is 4.42 Å². The number of nitrogens with zero attached hydrogens (tertiary/aromatic N) is 1. The van der Waals surface area contributed by atoms with Gasteiger partial charge in [-0.25, -0.2) is 8.42 Å². The highest BCUT2D eigenvalue weighted by atomic mass is 32.2. The minimum absolute atomic E-state index is 0.139. The van der Waals surface area contributed by atoms with Crippen molar-refractivity contribution in [1.29, 1.82) is 0 Å². The van der Waals surface area contributed by atoms with Gasteiger partial charge < -0.3 is 4.42 Å². The molecule has 0 amide bonds. The second-order valence-corrected chi connectivity index (χ2v) is 8.39. The van der Waals surface area contributed by atoms with E-state index in [0.717, 1.165) is 30.9 Å². The van der Waals surface area contributed by atoms with Gasteiger partial charge in [0.25, 0.3) is 0 Å². The normalized spacial score (nSPS) is 26.5. The molecule has 2 heterocycles. The third kappa shape index (κ3) is 3.58. The Balaban J connectivity index is 1.81. The highest BCUT2D eigenvalue weighted by Gasteiger charge is 2.34. The second-order valence-electron chi connectivity index (χ2n) is 6.16. The van der Waals surface area contributed by atoms with E-state index in [9.17, 15) is 8.42 Å². The molecule has 1 aliphatic carbocycles. The summed E-state index contributed by atoms with van der Waals surface area (Å²) >= 11 is 0. The molecule has 0 spiro atoms. The van der Waals surface area contributed by atoms with E-state index in [1.165, 1.54) is 18.4 Å². The van der Waals surface area contributed by atoms with Crippen molar-refractivity contribution in [2.45, 2.75) is 38.6 Å². The molecule has 4 nitrogen and oxygen atoms in total. The lowest BCUT2D eigenvalue weighted by Crippen LogP contribution is -2.43. The van der Waals surface area contributed by atoms with Crippen molar-refractivity contribution in [3.63, 3.8) is 0 Å². The van der Waals surface area contributed by atoms with Crippen LogP contribution in [-0.2, 0) is 9.84 Å². The topological polar surface area (TPSA) is 50.5 Å². The molecule has 116 valence electrons. The lowest BCUT2D eigenvalue weighted by Gasteiger charge is -2.35. The Kier molecular flexibility index (Phi) is 4.22. The summed E-state index contributed by atoms with van der Waals surface area (Å²) in [4.78, 5) is 2.27. The zero-order valence-corrected chi connectivity index (χ0v) is 13.4. The zero-order valence-electron chi connectivity index (χ0n) is 12.5. The van der Waals surface area contributed by atoms with Crippen molar-refractivity contribution in [3.8, 4) is 0 Å². The number of furan rings is 1. The molecule has 1 atom stereocenters. The van der Waals surface area contributed by atoms with Crippen LogP contribution < -0.4 is 0 Å². The molecular weight excluding hydrogens is 286 g/mol. The van der Waals surface area contributed by atoms with Crippen LogP contribution in [0.5, 0.6) is 0 Å². The minimum atomic E-state index is -2.97. The Morgan fingerprint density at radius 2 is 2.19 bits per heavy atom. The summed E-state index contributed by atoms with van der Waals surface area (Å²) in [6.45, 7) is 3.37. The van der Waals surface area contributed by atoms with Gasteiger partial charge in [-0.15, -0.1) is 0 Å². The highest BCUT2D eigenvalue weighted by Crippen LogP contribution is 2.30. The monoisotopic (exact) mass is 309 g/mol. The number of hydrogen-bond donors (Lipinski definition) is 0. The van der Waals surface area contributed by atoms with Crippen LogP contribution in [0, 0.1) is 6.92 Å². The SMILES string of the molecule is Cc1ccc(C2CS(=O)(=O)CCN2CC2=CCCCC2)o1. The van der Waals surface area contributed by atoms with Gasteiger partial charge in [-0.05, 0) is 44.7 Å². The fraction of sp³-hybridized carbons (Fsp3) is 0.625. The lowest BCUT2D eigenvalue weighted by molar-refractivity contribution is 0.203. The number of sulfone groups is 1. The Hall–Kier alpha value is -1.07. The molecule has 2 aliphatic rings. The smallest absolute Gasteiger partial charge is 0.153 e. The molecule has 0 aromatic carbocycles. The molecule has 3 rings (SSSR count). The second kappa shape index (κ2) is 5.97. The molecule has 0 radical (unpaired) electrons. The first-order chi connectivity index (χ1) is 10.0. The van der Waals surface area contributed by atoms with Crippen molar-refractivity contribution in [3.05, 3.63) is 35.3 Å². The molecule has 1 aromatic heterocycles. The molecule has 1 unspecified atom stereocenters. The Morgan fingerprint density at radius 3 is 2.86 bits per heavy atom. The van der Waals surface area contributed by atoms with Crippen LogP contribution in [0.25, 0.3) is 0 Å². The van der Waals surface area contributed by atoms with E-state index in [-0.39, 0.29) is 17.5 Å². The number of allylic oxidation sites excluding steroid dienone is 1. The molecule has 1 aromatic rings. The standard InChI is InChI=1S/C16H23NO3S/c1-13-7-8-16(20-13)15-12-21(18,19)10-9-17(15)11-14-5-3-2-4-6-14/h5,7-8,15H,2-4,6,9-12H2,1H3. The van der Waals surface area contributed by atoms with Gasteiger partial charge in [0, 0.05) is 13.1 Å². The fourth-order valence-corrected chi connectivity index (χ4v) is 4.77. The van der Waals surface area contributed by atoms with Crippen LogP contribution in [-0.4, -0.2) is 37.9 Å². The van der Waals surface area contributed by atoms with Crippen LogP contribution in [0.3, 0.4) is 0 Å². The summed E-state index contributed by atoms with van der Waals surface area (Å²) in [6.07, 6.45) is 7.16. The fourth-order valence-electron chi connectivity index (χ4n) is 3.23. The first-order valence-corrected chi connectivity index (χ1v) is 9.54. The lowest BCUT2D eigenvalue weighted by atomic mass is 9.98. The third-order valence-corrected chi connectivity index (χ3v) is 6.05. The Labute approximate surface area is 126 Å². The molecule has 0 saturated carbocycles.